The van der Waals surface area contributed by atoms with Crippen LogP contribution in [-0.2, 0) is 14.3 Å². The van der Waals surface area contributed by atoms with E-state index in [1.807, 2.05) is 0 Å². The van der Waals surface area contributed by atoms with Gasteiger partial charge in [-0.1, -0.05) is 0 Å². The summed E-state index contributed by atoms with van der Waals surface area (Å²) in [6, 6.07) is 0. The van der Waals surface area contributed by atoms with E-state index in [-0.39, 0.29) is 17.3 Å². The lowest BCUT2D eigenvalue weighted by Gasteiger charge is -2.14. The molecule has 0 heterocycles. The van der Waals surface area contributed by atoms with Gasteiger partial charge >= 0.3 is 0 Å². The molecule has 1 aliphatic carbocycles. The smallest absolute Gasteiger partial charge is 0.221 e. The van der Waals surface area contributed by atoms with E-state index >= 15 is 0 Å². The molecule has 13 heavy (non-hydrogen) atoms. The summed E-state index contributed by atoms with van der Waals surface area (Å²) in [7, 11) is 0. The van der Waals surface area contributed by atoms with E-state index in [0.29, 0.717) is 17.8 Å². The molecule has 0 bridgehead atoms. The monoisotopic (exact) mass is 180 g/mol. The van der Waals surface area contributed by atoms with Gasteiger partial charge in [-0.15, -0.1) is 0 Å². The first-order chi connectivity index (χ1) is 6.07. The minimum Gasteiger partial charge on any atom is -0.489 e. The lowest BCUT2D eigenvalue weighted by atomic mass is 9.97. The van der Waals surface area contributed by atoms with Crippen LogP contribution in [-0.4, -0.2) is 18.2 Å². The largest absolute Gasteiger partial charge is 0.489 e. The van der Waals surface area contributed by atoms with Crippen molar-refractivity contribution in [3.8, 4) is 0 Å². The van der Waals surface area contributed by atoms with Crippen molar-refractivity contribution in [3.05, 3.63) is 23.0 Å². The Balaban J connectivity index is 3.06. The number of rotatable bonds is 2. The molecule has 3 heteroatoms. The number of ketones is 2. The number of carbonyl (C=O) groups is 2. The first-order valence-corrected chi connectivity index (χ1v) is 4.19. The standard InChI is InChI=1S/C10H12O3/c1-4-13-10-7(3)9(12)6(2)5-8(10)11/h5H,4H2,1-3H3. The number of carbonyl (C=O) groups excluding carboxylic acids is 2. The summed E-state index contributed by atoms with van der Waals surface area (Å²) >= 11 is 0. The second-order valence-electron chi connectivity index (χ2n) is 2.91. The third kappa shape index (κ3) is 1.69. The molecule has 0 N–H and O–H groups in total. The fourth-order valence-electron chi connectivity index (χ4n) is 1.24. The molecule has 70 valence electrons. The summed E-state index contributed by atoms with van der Waals surface area (Å²) in [6.07, 6.45) is 1.32. The van der Waals surface area contributed by atoms with Crippen LogP contribution in [0.1, 0.15) is 20.8 Å². The van der Waals surface area contributed by atoms with E-state index in [2.05, 4.69) is 0 Å². The SMILES string of the molecule is CCOC1=C(C)C(=O)C(C)=CC1=O. The van der Waals surface area contributed by atoms with Crippen molar-refractivity contribution >= 4 is 11.6 Å². The van der Waals surface area contributed by atoms with Crippen LogP contribution >= 0.6 is 0 Å². The molecular formula is C10H12O3. The van der Waals surface area contributed by atoms with Gasteiger partial charge in [-0.2, -0.15) is 0 Å². The highest BCUT2D eigenvalue weighted by atomic mass is 16.5. The van der Waals surface area contributed by atoms with E-state index in [4.69, 9.17) is 4.74 Å². The maximum Gasteiger partial charge on any atom is 0.221 e. The summed E-state index contributed by atoms with van der Waals surface area (Å²) in [5.74, 6) is -0.127. The van der Waals surface area contributed by atoms with Gasteiger partial charge < -0.3 is 4.74 Å². The van der Waals surface area contributed by atoms with Gasteiger partial charge in [0, 0.05) is 11.1 Å². The van der Waals surface area contributed by atoms with Gasteiger partial charge in [0.25, 0.3) is 0 Å². The molecule has 0 spiro atoms. The van der Waals surface area contributed by atoms with Crippen LogP contribution in [0, 0.1) is 0 Å². The maximum absolute atomic E-state index is 11.4. The quantitative estimate of drug-likeness (QED) is 0.603. The Kier molecular flexibility index (Phi) is 2.66. The zero-order chi connectivity index (χ0) is 10.0. The molecule has 3 nitrogen and oxygen atoms in total. The lowest BCUT2D eigenvalue weighted by molar-refractivity contribution is -0.118. The highest BCUT2D eigenvalue weighted by Crippen LogP contribution is 2.19. The van der Waals surface area contributed by atoms with Crippen molar-refractivity contribution in [2.24, 2.45) is 0 Å². The highest BCUT2D eigenvalue weighted by molar-refractivity contribution is 6.21. The van der Waals surface area contributed by atoms with Gasteiger partial charge in [-0.3, -0.25) is 9.59 Å². The zero-order valence-electron chi connectivity index (χ0n) is 8.01. The number of hydrogen-bond acceptors (Lipinski definition) is 3. The van der Waals surface area contributed by atoms with Gasteiger partial charge in [0.05, 0.1) is 6.61 Å². The van der Waals surface area contributed by atoms with Crippen LogP contribution in [0.15, 0.2) is 23.0 Å². The van der Waals surface area contributed by atoms with E-state index in [1.54, 1.807) is 20.8 Å². The average molecular weight is 180 g/mol. The summed E-state index contributed by atoms with van der Waals surface area (Å²) in [6.45, 7) is 5.43. The zero-order valence-corrected chi connectivity index (χ0v) is 8.01. The van der Waals surface area contributed by atoms with Crippen molar-refractivity contribution in [1.82, 2.24) is 0 Å². The van der Waals surface area contributed by atoms with E-state index < -0.39 is 0 Å². The fourth-order valence-corrected chi connectivity index (χ4v) is 1.24. The molecule has 0 aromatic heterocycles. The molecular weight excluding hydrogens is 168 g/mol. The van der Waals surface area contributed by atoms with Crippen LogP contribution in [0.5, 0.6) is 0 Å². The van der Waals surface area contributed by atoms with Gasteiger partial charge in [0.2, 0.25) is 5.78 Å². The Labute approximate surface area is 77.1 Å². The van der Waals surface area contributed by atoms with Crippen LogP contribution in [0.4, 0.5) is 0 Å². The van der Waals surface area contributed by atoms with E-state index in [9.17, 15) is 9.59 Å². The number of allylic oxidation sites excluding steroid dienone is 3. The highest BCUT2D eigenvalue weighted by Gasteiger charge is 2.24. The first kappa shape index (κ1) is 9.71. The Hall–Kier alpha value is -1.38. The molecule has 0 unspecified atom stereocenters. The van der Waals surface area contributed by atoms with Crippen molar-refractivity contribution in [2.75, 3.05) is 6.61 Å². The third-order valence-electron chi connectivity index (χ3n) is 1.90. The minimum absolute atomic E-state index is 0.108. The Morgan fingerprint density at radius 3 is 2.46 bits per heavy atom. The normalized spacial score (nSPS) is 17.6. The second-order valence-corrected chi connectivity index (χ2v) is 2.91. The topological polar surface area (TPSA) is 43.4 Å². The fraction of sp³-hybridized carbons (Fsp3) is 0.400. The van der Waals surface area contributed by atoms with Crippen LogP contribution in [0.2, 0.25) is 0 Å². The van der Waals surface area contributed by atoms with Gasteiger partial charge in [0.15, 0.2) is 11.5 Å². The molecule has 0 amide bonds. The van der Waals surface area contributed by atoms with Crippen molar-refractivity contribution in [2.45, 2.75) is 20.8 Å². The molecule has 0 radical (unpaired) electrons. The molecule has 0 aliphatic heterocycles. The summed E-state index contributed by atoms with van der Waals surface area (Å²) < 4.78 is 5.09. The van der Waals surface area contributed by atoms with Crippen LogP contribution in [0.3, 0.4) is 0 Å². The predicted octanol–water partition coefficient (Wildman–Crippen LogP) is 1.40. The molecule has 1 rings (SSSR count). The van der Waals surface area contributed by atoms with E-state index in [0.717, 1.165) is 0 Å². The van der Waals surface area contributed by atoms with Gasteiger partial charge in [-0.25, -0.2) is 0 Å². The van der Waals surface area contributed by atoms with Gasteiger partial charge in [-0.05, 0) is 26.8 Å². The van der Waals surface area contributed by atoms with Crippen molar-refractivity contribution < 1.29 is 14.3 Å². The molecule has 0 atom stereocenters. The molecule has 0 fully saturated rings. The number of Topliss-reactive ketones (excluding diaryl/α,β-unsaturated/α-hetero) is 1. The Morgan fingerprint density at radius 1 is 1.31 bits per heavy atom. The average Bonchev–Trinajstić information content (AvgIpc) is 2.09. The number of hydrogen-bond donors (Lipinski definition) is 0. The third-order valence-corrected chi connectivity index (χ3v) is 1.90. The van der Waals surface area contributed by atoms with Crippen molar-refractivity contribution in [1.29, 1.82) is 0 Å². The predicted molar refractivity (Wildman–Crippen MR) is 48.1 cm³/mol. The molecule has 0 aromatic rings. The summed E-state index contributed by atoms with van der Waals surface area (Å²) in [4.78, 5) is 22.7. The van der Waals surface area contributed by atoms with E-state index in [1.165, 1.54) is 6.08 Å². The summed E-state index contributed by atoms with van der Waals surface area (Å²) in [5, 5.41) is 0. The van der Waals surface area contributed by atoms with Crippen LogP contribution < -0.4 is 0 Å². The lowest BCUT2D eigenvalue weighted by Crippen LogP contribution is -2.18. The molecule has 0 saturated carbocycles. The van der Waals surface area contributed by atoms with Crippen LogP contribution in [0.25, 0.3) is 0 Å². The molecule has 1 aliphatic rings. The molecule has 0 aromatic carbocycles. The van der Waals surface area contributed by atoms with Gasteiger partial charge in [0.1, 0.15) is 0 Å². The Bertz CT molecular complexity index is 321. The maximum atomic E-state index is 11.4. The first-order valence-electron chi connectivity index (χ1n) is 4.19. The number of ether oxygens (including phenoxy) is 1. The van der Waals surface area contributed by atoms with Crippen molar-refractivity contribution in [3.63, 3.8) is 0 Å². The Morgan fingerprint density at radius 2 is 1.92 bits per heavy atom. The molecule has 0 saturated heterocycles. The second kappa shape index (κ2) is 3.56. The minimum atomic E-state index is -0.212. The summed E-state index contributed by atoms with van der Waals surface area (Å²) in [5.41, 5.74) is 0.887.